The zero-order valence-electron chi connectivity index (χ0n) is 19.2. The lowest BCUT2D eigenvalue weighted by Gasteiger charge is -2.30. The monoisotopic (exact) mass is 523 g/mol. The highest BCUT2D eigenvalue weighted by Gasteiger charge is 2.25. The lowest BCUT2D eigenvalue weighted by molar-refractivity contribution is -0.126. The van der Waals surface area contributed by atoms with Gasteiger partial charge in [-0.25, -0.2) is 4.98 Å². The molecule has 0 N–H and O–H groups in total. The van der Waals surface area contributed by atoms with Crippen LogP contribution in [0.2, 0.25) is 0 Å². The van der Waals surface area contributed by atoms with Crippen LogP contribution in [-0.2, 0) is 4.79 Å². The fourth-order valence-electron chi connectivity index (χ4n) is 4.26. The van der Waals surface area contributed by atoms with Crippen molar-refractivity contribution < 1.29 is 4.79 Å². The van der Waals surface area contributed by atoms with E-state index in [1.54, 1.807) is 17.4 Å². The van der Waals surface area contributed by atoms with Crippen LogP contribution in [0.25, 0.3) is 17.3 Å². The molecule has 6 heteroatoms. The largest absolute Gasteiger partial charge is 0.372 e. The molecular weight excluding hydrogens is 494 g/mol. The van der Waals surface area contributed by atoms with Crippen LogP contribution in [0, 0.1) is 0 Å². The third kappa shape index (κ3) is 5.74. The topological polar surface area (TPSA) is 36.4 Å². The van der Waals surface area contributed by atoms with E-state index in [0.29, 0.717) is 5.92 Å². The second-order valence-corrected chi connectivity index (χ2v) is 9.99. The van der Waals surface area contributed by atoms with Crippen molar-refractivity contribution in [3.63, 3.8) is 0 Å². The van der Waals surface area contributed by atoms with Gasteiger partial charge in [-0.15, -0.1) is 11.3 Å². The fourth-order valence-corrected chi connectivity index (χ4v) is 5.68. The molecule has 2 heterocycles. The second kappa shape index (κ2) is 11.1. The molecule has 1 saturated heterocycles. The lowest BCUT2D eigenvalue weighted by Crippen LogP contribution is -2.36. The molecule has 0 atom stereocenters. The van der Waals surface area contributed by atoms with E-state index < -0.39 is 0 Å². The summed E-state index contributed by atoms with van der Waals surface area (Å²) in [6, 6.07) is 16.6. The SMILES string of the molecule is CCN(CC)c1ccc(-c2csc(C3CCN(C(=O)C=Cc4ccccc4Br)CC3)n2)cc1. The average molecular weight is 525 g/mol. The summed E-state index contributed by atoms with van der Waals surface area (Å²) in [5.41, 5.74) is 4.49. The number of likely N-dealkylation sites (tertiary alicyclic amines) is 1. The fraction of sp³-hybridized carbons (Fsp3) is 0.333. The Kier molecular flexibility index (Phi) is 7.99. The second-order valence-electron chi connectivity index (χ2n) is 8.24. The van der Waals surface area contributed by atoms with Gasteiger partial charge in [-0.2, -0.15) is 0 Å². The van der Waals surface area contributed by atoms with Crippen molar-refractivity contribution in [1.29, 1.82) is 0 Å². The number of rotatable bonds is 7. The number of piperidine rings is 1. The predicted molar refractivity (Wildman–Crippen MR) is 143 cm³/mol. The molecule has 1 amide bonds. The number of amides is 1. The summed E-state index contributed by atoms with van der Waals surface area (Å²) in [6.07, 6.45) is 5.49. The third-order valence-corrected chi connectivity index (χ3v) is 8.01. The van der Waals surface area contributed by atoms with Gasteiger partial charge in [0.1, 0.15) is 0 Å². The molecule has 1 aliphatic rings. The number of carbonyl (C=O) groups excluding carboxylic acids is 1. The minimum Gasteiger partial charge on any atom is -0.372 e. The normalized spacial score (nSPS) is 14.7. The Hall–Kier alpha value is -2.44. The van der Waals surface area contributed by atoms with Gasteiger partial charge in [0, 0.05) is 59.3 Å². The predicted octanol–water partition coefficient (Wildman–Crippen LogP) is 6.84. The van der Waals surface area contributed by atoms with E-state index >= 15 is 0 Å². The first-order valence-electron chi connectivity index (χ1n) is 11.6. The Labute approximate surface area is 209 Å². The summed E-state index contributed by atoms with van der Waals surface area (Å²) in [5.74, 6) is 0.507. The van der Waals surface area contributed by atoms with Gasteiger partial charge in [0.25, 0.3) is 0 Å². The van der Waals surface area contributed by atoms with Crippen molar-refractivity contribution in [3.05, 3.63) is 75.0 Å². The Balaban J connectivity index is 1.34. The van der Waals surface area contributed by atoms with Gasteiger partial charge in [-0.1, -0.05) is 46.3 Å². The van der Waals surface area contributed by atoms with Crippen molar-refractivity contribution in [2.75, 3.05) is 31.1 Å². The number of nitrogens with zero attached hydrogens (tertiary/aromatic N) is 3. The number of aromatic nitrogens is 1. The van der Waals surface area contributed by atoms with Gasteiger partial charge in [-0.05, 0) is 56.5 Å². The quantitative estimate of drug-likeness (QED) is 0.318. The van der Waals surface area contributed by atoms with Crippen molar-refractivity contribution in [3.8, 4) is 11.3 Å². The molecule has 0 radical (unpaired) electrons. The van der Waals surface area contributed by atoms with E-state index in [0.717, 1.165) is 54.8 Å². The zero-order valence-corrected chi connectivity index (χ0v) is 21.6. The Morgan fingerprint density at radius 2 is 1.82 bits per heavy atom. The standard InChI is InChI=1S/C27H30BrN3OS/c1-3-30(4-2)23-12-9-21(10-13-23)25-19-33-27(29-25)22-15-17-31(18-16-22)26(32)14-11-20-7-5-6-8-24(20)28/h5-14,19,22H,3-4,15-18H2,1-2H3. The van der Waals surface area contributed by atoms with Gasteiger partial charge < -0.3 is 9.80 Å². The number of hydrogen-bond acceptors (Lipinski definition) is 4. The van der Waals surface area contributed by atoms with Crippen LogP contribution in [0.5, 0.6) is 0 Å². The summed E-state index contributed by atoms with van der Waals surface area (Å²) in [6.45, 7) is 7.94. The van der Waals surface area contributed by atoms with Crippen LogP contribution < -0.4 is 4.90 Å². The van der Waals surface area contributed by atoms with Gasteiger partial charge in [-0.3, -0.25) is 4.79 Å². The highest BCUT2D eigenvalue weighted by atomic mass is 79.9. The third-order valence-electron chi connectivity index (χ3n) is 6.28. The molecule has 0 unspecified atom stereocenters. The molecule has 3 aromatic rings. The number of halogens is 1. The van der Waals surface area contributed by atoms with E-state index in [1.807, 2.05) is 35.2 Å². The summed E-state index contributed by atoms with van der Waals surface area (Å²) in [7, 11) is 0. The first-order chi connectivity index (χ1) is 16.1. The molecule has 1 aromatic heterocycles. The summed E-state index contributed by atoms with van der Waals surface area (Å²) in [5, 5.41) is 3.35. The van der Waals surface area contributed by atoms with Crippen LogP contribution in [0.3, 0.4) is 0 Å². The number of hydrogen-bond donors (Lipinski definition) is 0. The molecular formula is C27H30BrN3OS. The number of benzene rings is 2. The molecule has 1 fully saturated rings. The van der Waals surface area contributed by atoms with Gasteiger partial charge in [0.2, 0.25) is 5.91 Å². The number of anilines is 1. The van der Waals surface area contributed by atoms with Crippen molar-refractivity contribution in [2.45, 2.75) is 32.6 Å². The molecule has 0 bridgehead atoms. The molecule has 0 spiro atoms. The minimum atomic E-state index is 0.0809. The van der Waals surface area contributed by atoms with E-state index in [-0.39, 0.29) is 5.91 Å². The first kappa shape index (κ1) is 23.7. The summed E-state index contributed by atoms with van der Waals surface area (Å²) < 4.78 is 0.995. The smallest absolute Gasteiger partial charge is 0.246 e. The first-order valence-corrected chi connectivity index (χ1v) is 13.3. The van der Waals surface area contributed by atoms with Crippen LogP contribution >= 0.6 is 27.3 Å². The number of thiazole rings is 1. The van der Waals surface area contributed by atoms with Gasteiger partial charge in [0.15, 0.2) is 0 Å². The van der Waals surface area contributed by atoms with E-state index in [4.69, 9.17) is 4.98 Å². The molecule has 0 aliphatic carbocycles. The average Bonchev–Trinajstić information content (AvgIpc) is 3.35. The number of carbonyl (C=O) groups is 1. The van der Waals surface area contributed by atoms with Crippen LogP contribution in [-0.4, -0.2) is 42.0 Å². The Morgan fingerprint density at radius 1 is 1.12 bits per heavy atom. The lowest BCUT2D eigenvalue weighted by atomic mass is 9.97. The highest BCUT2D eigenvalue weighted by molar-refractivity contribution is 9.10. The molecule has 1 aliphatic heterocycles. The summed E-state index contributed by atoms with van der Waals surface area (Å²) >= 11 is 5.27. The van der Waals surface area contributed by atoms with E-state index in [2.05, 4.69) is 64.3 Å². The van der Waals surface area contributed by atoms with Crippen LogP contribution in [0.4, 0.5) is 5.69 Å². The van der Waals surface area contributed by atoms with E-state index in [1.165, 1.54) is 16.3 Å². The van der Waals surface area contributed by atoms with E-state index in [9.17, 15) is 4.79 Å². The highest BCUT2D eigenvalue weighted by Crippen LogP contribution is 2.33. The molecule has 172 valence electrons. The van der Waals surface area contributed by atoms with Crippen LogP contribution in [0.1, 0.15) is 43.2 Å². The maximum atomic E-state index is 12.6. The van der Waals surface area contributed by atoms with Gasteiger partial charge in [0.05, 0.1) is 10.7 Å². The maximum absolute atomic E-state index is 12.6. The molecule has 4 nitrogen and oxygen atoms in total. The van der Waals surface area contributed by atoms with Crippen molar-refractivity contribution >= 4 is 44.9 Å². The maximum Gasteiger partial charge on any atom is 0.246 e. The van der Waals surface area contributed by atoms with Crippen molar-refractivity contribution in [1.82, 2.24) is 9.88 Å². The van der Waals surface area contributed by atoms with Crippen LogP contribution in [0.15, 0.2) is 64.5 Å². The van der Waals surface area contributed by atoms with Crippen molar-refractivity contribution in [2.24, 2.45) is 0 Å². The summed E-state index contributed by atoms with van der Waals surface area (Å²) in [4.78, 5) is 21.9. The van der Waals surface area contributed by atoms with Gasteiger partial charge >= 0.3 is 0 Å². The Morgan fingerprint density at radius 3 is 2.48 bits per heavy atom. The Bertz CT molecular complexity index is 1100. The zero-order chi connectivity index (χ0) is 23.2. The molecule has 0 saturated carbocycles. The molecule has 4 rings (SSSR count). The minimum absolute atomic E-state index is 0.0809. The molecule has 33 heavy (non-hydrogen) atoms. The molecule has 2 aromatic carbocycles.